The Bertz CT molecular complexity index is 1430. The second-order valence-electron chi connectivity index (χ2n) is 7.74. The molecule has 0 unspecified atom stereocenters. The quantitative estimate of drug-likeness (QED) is 0.215. The summed E-state index contributed by atoms with van der Waals surface area (Å²) in [5.41, 5.74) is 3.37. The lowest BCUT2D eigenvalue weighted by Crippen LogP contribution is -2.35. The van der Waals surface area contributed by atoms with Gasteiger partial charge in [-0.3, -0.25) is 14.9 Å². The second kappa shape index (κ2) is 9.36. The molecule has 1 aliphatic rings. The minimum Gasteiger partial charge on any atom is -0.374 e. The Morgan fingerprint density at radius 3 is 2.50 bits per heavy atom. The minimum absolute atomic E-state index is 0.0934. The van der Waals surface area contributed by atoms with Crippen molar-refractivity contribution in [3.05, 3.63) is 95.0 Å². The molecule has 0 saturated carbocycles. The lowest BCUT2D eigenvalue weighted by atomic mass is 10.1. The Labute approximate surface area is 204 Å². The van der Waals surface area contributed by atoms with Crippen LogP contribution in [0.1, 0.15) is 10.4 Å². The van der Waals surface area contributed by atoms with E-state index in [1.165, 1.54) is 0 Å². The summed E-state index contributed by atoms with van der Waals surface area (Å²) in [6, 6.07) is 26.5. The molecule has 34 heavy (non-hydrogen) atoms. The van der Waals surface area contributed by atoms with Crippen molar-refractivity contribution in [2.75, 3.05) is 22.5 Å². The van der Waals surface area contributed by atoms with Crippen LogP contribution in [-0.2, 0) is 4.79 Å². The van der Waals surface area contributed by atoms with Gasteiger partial charge in [0, 0.05) is 15.7 Å². The second-order valence-corrected chi connectivity index (χ2v) is 8.66. The van der Waals surface area contributed by atoms with Crippen LogP contribution in [0.2, 0.25) is 0 Å². The number of hydrogen-bond acceptors (Lipinski definition) is 4. The molecule has 0 saturated heterocycles. The third-order valence-corrected chi connectivity index (χ3v) is 5.84. The fourth-order valence-corrected chi connectivity index (χ4v) is 3.89. The summed E-state index contributed by atoms with van der Waals surface area (Å²) in [5, 5.41) is 14.2. The lowest BCUT2D eigenvalue weighted by molar-refractivity contribution is -0.114. The van der Waals surface area contributed by atoms with Gasteiger partial charge in [-0.05, 0) is 65.4 Å². The predicted molar refractivity (Wildman–Crippen MR) is 140 cm³/mol. The highest BCUT2D eigenvalue weighted by molar-refractivity contribution is 9.10. The molecule has 0 bridgehead atoms. The van der Waals surface area contributed by atoms with Gasteiger partial charge in [-0.25, -0.2) is 4.99 Å². The average molecular weight is 514 g/mol. The standard InChI is InChI=1S/C26H20BrN5O2/c27-19-8-5-17(6-9-19)25(34)32-26(29-20-10-7-16-3-1-2-4-18(16)13-20)30-21-11-12-22-23(14-21)28-15-24(33)31-22/h1-14,28H,15H2,(H,31,33)(H2,29,30,32,34). The van der Waals surface area contributed by atoms with Crippen molar-refractivity contribution in [1.29, 1.82) is 0 Å². The molecule has 4 aromatic rings. The number of nitrogens with one attached hydrogen (secondary N) is 4. The Morgan fingerprint density at radius 1 is 0.882 bits per heavy atom. The highest BCUT2D eigenvalue weighted by Gasteiger charge is 2.15. The monoisotopic (exact) mass is 513 g/mol. The molecule has 0 aliphatic carbocycles. The number of benzene rings is 4. The molecular weight excluding hydrogens is 494 g/mol. The highest BCUT2D eigenvalue weighted by atomic mass is 79.9. The van der Waals surface area contributed by atoms with Gasteiger partial charge in [0.2, 0.25) is 11.9 Å². The summed E-state index contributed by atoms with van der Waals surface area (Å²) >= 11 is 3.39. The Morgan fingerprint density at radius 2 is 1.68 bits per heavy atom. The van der Waals surface area contributed by atoms with Crippen LogP contribution < -0.4 is 21.3 Å². The van der Waals surface area contributed by atoms with E-state index in [1.807, 2.05) is 60.7 Å². The Balaban J connectivity index is 1.47. The number of carbonyl (C=O) groups is 2. The highest BCUT2D eigenvalue weighted by Crippen LogP contribution is 2.29. The van der Waals surface area contributed by atoms with Crippen molar-refractivity contribution in [1.82, 2.24) is 5.32 Å². The zero-order chi connectivity index (χ0) is 23.5. The zero-order valence-electron chi connectivity index (χ0n) is 17.9. The first-order valence-electron chi connectivity index (χ1n) is 10.6. The molecule has 0 aromatic heterocycles. The number of hydrogen-bond donors (Lipinski definition) is 4. The molecule has 1 aliphatic heterocycles. The lowest BCUT2D eigenvalue weighted by Gasteiger charge is -2.19. The van der Waals surface area contributed by atoms with Gasteiger partial charge in [0.25, 0.3) is 5.91 Å². The van der Waals surface area contributed by atoms with Crippen LogP contribution >= 0.6 is 15.9 Å². The van der Waals surface area contributed by atoms with Crippen molar-refractivity contribution < 1.29 is 9.59 Å². The fraction of sp³-hybridized carbons (Fsp3) is 0.0385. The van der Waals surface area contributed by atoms with Gasteiger partial charge in [-0.15, -0.1) is 0 Å². The van der Waals surface area contributed by atoms with Crippen LogP contribution in [0, 0.1) is 0 Å². The van der Waals surface area contributed by atoms with Crippen molar-refractivity contribution in [2.24, 2.45) is 4.99 Å². The molecule has 0 atom stereocenters. The van der Waals surface area contributed by atoms with Gasteiger partial charge in [0.1, 0.15) is 0 Å². The van der Waals surface area contributed by atoms with E-state index in [4.69, 9.17) is 0 Å². The number of aliphatic imine (C=N–C) groups is 1. The summed E-state index contributed by atoms with van der Waals surface area (Å²) in [5.74, 6) is -0.102. The summed E-state index contributed by atoms with van der Waals surface area (Å²) in [6.07, 6.45) is 0. The summed E-state index contributed by atoms with van der Waals surface area (Å²) in [4.78, 5) is 29.2. The van der Waals surface area contributed by atoms with E-state index in [9.17, 15) is 9.59 Å². The average Bonchev–Trinajstić information content (AvgIpc) is 2.84. The fourth-order valence-electron chi connectivity index (χ4n) is 3.63. The van der Waals surface area contributed by atoms with E-state index in [0.717, 1.165) is 26.6 Å². The largest absolute Gasteiger partial charge is 0.374 e. The van der Waals surface area contributed by atoms with Crippen LogP contribution in [0.25, 0.3) is 10.8 Å². The zero-order valence-corrected chi connectivity index (χ0v) is 19.5. The maximum Gasteiger partial charge on any atom is 0.257 e. The van der Waals surface area contributed by atoms with Crippen molar-refractivity contribution in [3.8, 4) is 0 Å². The van der Waals surface area contributed by atoms with Crippen LogP contribution in [0.3, 0.4) is 0 Å². The Hall–Kier alpha value is -4.17. The van der Waals surface area contributed by atoms with E-state index in [2.05, 4.69) is 42.2 Å². The molecular formula is C26H20BrN5O2. The van der Waals surface area contributed by atoms with Gasteiger partial charge >= 0.3 is 0 Å². The van der Waals surface area contributed by atoms with Gasteiger partial charge in [0.15, 0.2) is 0 Å². The third-order valence-electron chi connectivity index (χ3n) is 5.31. The van der Waals surface area contributed by atoms with Crippen molar-refractivity contribution in [3.63, 3.8) is 0 Å². The van der Waals surface area contributed by atoms with E-state index in [1.54, 1.807) is 24.3 Å². The number of anilines is 3. The first-order chi connectivity index (χ1) is 16.5. The SMILES string of the molecule is O=C1CNc2cc(N=C(NC(=O)c3ccc(Br)cc3)Nc3ccc4ccccc4c3)ccc2N1. The van der Waals surface area contributed by atoms with E-state index >= 15 is 0 Å². The molecule has 168 valence electrons. The molecule has 0 spiro atoms. The van der Waals surface area contributed by atoms with Gasteiger partial charge in [-0.2, -0.15) is 0 Å². The smallest absolute Gasteiger partial charge is 0.257 e. The molecule has 0 radical (unpaired) electrons. The molecule has 4 aromatic carbocycles. The Kier molecular flexibility index (Phi) is 5.97. The topological polar surface area (TPSA) is 94.6 Å². The maximum atomic E-state index is 12.9. The van der Waals surface area contributed by atoms with Gasteiger partial charge in [-0.1, -0.05) is 46.3 Å². The molecule has 8 heteroatoms. The molecule has 4 N–H and O–H groups in total. The number of halogens is 1. The maximum absolute atomic E-state index is 12.9. The number of amides is 2. The molecule has 0 fully saturated rings. The summed E-state index contributed by atoms with van der Waals surface area (Å²) in [6.45, 7) is 0.197. The predicted octanol–water partition coefficient (Wildman–Crippen LogP) is 5.50. The first-order valence-corrected chi connectivity index (χ1v) is 11.4. The van der Waals surface area contributed by atoms with Crippen molar-refractivity contribution >= 4 is 67.2 Å². The number of nitrogens with zero attached hydrogens (tertiary/aromatic N) is 1. The van der Waals surface area contributed by atoms with Crippen LogP contribution in [0.15, 0.2) is 94.4 Å². The van der Waals surface area contributed by atoms with Crippen LogP contribution in [-0.4, -0.2) is 24.3 Å². The molecule has 7 nitrogen and oxygen atoms in total. The molecule has 5 rings (SSSR count). The van der Waals surface area contributed by atoms with Crippen molar-refractivity contribution in [2.45, 2.75) is 0 Å². The number of rotatable bonds is 3. The van der Waals surface area contributed by atoms with Gasteiger partial charge < -0.3 is 16.0 Å². The minimum atomic E-state index is -0.289. The van der Waals surface area contributed by atoms with E-state index < -0.39 is 0 Å². The van der Waals surface area contributed by atoms with E-state index in [0.29, 0.717) is 16.9 Å². The number of carbonyl (C=O) groups excluding carboxylic acids is 2. The molecule has 2 amide bonds. The normalized spacial score (nSPS) is 13.0. The third kappa shape index (κ3) is 4.92. The summed E-state index contributed by atoms with van der Waals surface area (Å²) < 4.78 is 0.890. The number of guanidine groups is 1. The number of fused-ring (bicyclic) bond motifs is 2. The molecule has 1 heterocycles. The van der Waals surface area contributed by atoms with E-state index in [-0.39, 0.29) is 24.3 Å². The summed E-state index contributed by atoms with van der Waals surface area (Å²) in [7, 11) is 0. The van der Waals surface area contributed by atoms with Gasteiger partial charge in [0.05, 0.1) is 23.6 Å². The first kappa shape index (κ1) is 21.7. The van der Waals surface area contributed by atoms with Crippen LogP contribution in [0.4, 0.5) is 22.7 Å². The van der Waals surface area contributed by atoms with Crippen LogP contribution in [0.5, 0.6) is 0 Å².